The van der Waals surface area contributed by atoms with Crippen molar-refractivity contribution in [3.05, 3.63) is 12.2 Å². The zero-order valence-electron chi connectivity index (χ0n) is 20.1. The van der Waals surface area contributed by atoms with E-state index < -0.39 is 41.5 Å². The summed E-state index contributed by atoms with van der Waals surface area (Å²) < 4.78 is 16.3. The number of hydrogen-bond donors (Lipinski definition) is 1. The predicted octanol–water partition coefficient (Wildman–Crippen LogP) is 2.62. The molecule has 2 fully saturated rings. The van der Waals surface area contributed by atoms with Gasteiger partial charge in [-0.1, -0.05) is 19.4 Å². The molecule has 0 bridgehead atoms. The van der Waals surface area contributed by atoms with Gasteiger partial charge in [0.05, 0.1) is 19.3 Å². The number of methoxy groups -OCH3 is 2. The third-order valence-electron chi connectivity index (χ3n) is 6.70. The average Bonchev–Trinajstić information content (AvgIpc) is 2.77. The van der Waals surface area contributed by atoms with E-state index in [1.54, 1.807) is 14.0 Å². The first-order valence-corrected chi connectivity index (χ1v) is 11.6. The van der Waals surface area contributed by atoms with Crippen molar-refractivity contribution in [3.63, 3.8) is 0 Å². The Labute approximate surface area is 191 Å². The fraction of sp³-hybridized carbons (Fsp3) is 0.792. The number of amides is 1. The highest BCUT2D eigenvalue weighted by molar-refractivity contribution is 6.39. The second-order valence-electron chi connectivity index (χ2n) is 9.47. The van der Waals surface area contributed by atoms with Gasteiger partial charge in [-0.2, -0.15) is 0 Å². The van der Waals surface area contributed by atoms with Gasteiger partial charge in [-0.05, 0) is 57.8 Å². The summed E-state index contributed by atoms with van der Waals surface area (Å²) in [7, 11) is 2.84. The molecule has 2 rings (SSSR count). The number of carbonyl (C=O) groups is 3. The Bertz CT molecular complexity index is 708. The van der Waals surface area contributed by atoms with Crippen molar-refractivity contribution in [1.29, 1.82) is 0 Å². The first-order chi connectivity index (χ1) is 15.0. The Kier molecular flexibility index (Phi) is 9.42. The van der Waals surface area contributed by atoms with Gasteiger partial charge in [0.15, 0.2) is 0 Å². The minimum Gasteiger partial charge on any atom is -0.467 e. The van der Waals surface area contributed by atoms with Crippen LogP contribution in [0.15, 0.2) is 12.2 Å². The zero-order chi connectivity index (χ0) is 24.1. The lowest BCUT2D eigenvalue weighted by atomic mass is 9.83. The molecule has 0 spiro atoms. The molecule has 0 saturated carbocycles. The molecule has 182 valence electrons. The van der Waals surface area contributed by atoms with Crippen LogP contribution in [0.3, 0.4) is 0 Å². The smallest absolute Gasteiger partial charge is 0.328 e. The lowest BCUT2D eigenvalue weighted by Crippen LogP contribution is -2.62. The fourth-order valence-corrected chi connectivity index (χ4v) is 4.84. The van der Waals surface area contributed by atoms with E-state index in [2.05, 4.69) is 13.5 Å². The monoisotopic (exact) mass is 453 g/mol. The van der Waals surface area contributed by atoms with E-state index in [0.29, 0.717) is 31.6 Å². The molecule has 32 heavy (non-hydrogen) atoms. The van der Waals surface area contributed by atoms with E-state index in [-0.39, 0.29) is 12.6 Å². The predicted molar refractivity (Wildman–Crippen MR) is 119 cm³/mol. The molecule has 0 aromatic rings. The van der Waals surface area contributed by atoms with Crippen LogP contribution in [0.25, 0.3) is 0 Å². The van der Waals surface area contributed by atoms with Crippen molar-refractivity contribution in [2.24, 2.45) is 11.8 Å². The van der Waals surface area contributed by atoms with Crippen LogP contribution in [0, 0.1) is 11.8 Å². The third-order valence-corrected chi connectivity index (χ3v) is 6.70. The number of esters is 1. The molecule has 0 aliphatic carbocycles. The highest BCUT2D eigenvalue weighted by Crippen LogP contribution is 2.37. The van der Waals surface area contributed by atoms with Gasteiger partial charge in [0.2, 0.25) is 5.79 Å². The number of ketones is 1. The maximum Gasteiger partial charge on any atom is 0.328 e. The van der Waals surface area contributed by atoms with Gasteiger partial charge in [-0.15, -0.1) is 6.58 Å². The van der Waals surface area contributed by atoms with Gasteiger partial charge in [-0.3, -0.25) is 9.59 Å². The molecule has 2 saturated heterocycles. The van der Waals surface area contributed by atoms with Gasteiger partial charge in [0.25, 0.3) is 11.7 Å². The van der Waals surface area contributed by atoms with Crippen molar-refractivity contribution >= 4 is 17.7 Å². The van der Waals surface area contributed by atoms with E-state index in [0.717, 1.165) is 24.8 Å². The standard InChI is InChI=1S/C24H39NO7/c1-15(2)13-16(3)10-11-19-20(30-5)14-17(4)24(29,32-19)21(26)22(27)25-12-8-7-9-18(25)23(28)31-6/h16-20,29H,1,7-14H2,2-6H3/t16-,17-,18+,19-,20+,24-/m1/s1. The largest absolute Gasteiger partial charge is 0.467 e. The maximum absolute atomic E-state index is 13.2. The van der Waals surface area contributed by atoms with E-state index >= 15 is 0 Å². The molecular formula is C24H39NO7. The number of nitrogens with zero attached hydrogens (tertiary/aromatic N) is 1. The molecule has 8 heteroatoms. The molecule has 1 N–H and O–H groups in total. The fourth-order valence-electron chi connectivity index (χ4n) is 4.84. The number of aliphatic hydroxyl groups is 1. The minimum atomic E-state index is -2.26. The van der Waals surface area contributed by atoms with Gasteiger partial charge < -0.3 is 24.2 Å². The molecule has 0 aromatic carbocycles. The highest BCUT2D eigenvalue weighted by atomic mass is 16.7. The first kappa shape index (κ1) is 26.5. The lowest BCUT2D eigenvalue weighted by Gasteiger charge is -2.45. The molecule has 0 aromatic heterocycles. The Balaban J connectivity index is 2.17. The molecule has 2 heterocycles. The minimum absolute atomic E-state index is 0.261. The second kappa shape index (κ2) is 11.4. The summed E-state index contributed by atoms with van der Waals surface area (Å²) >= 11 is 0. The van der Waals surface area contributed by atoms with Gasteiger partial charge in [-0.25, -0.2) is 4.79 Å². The van der Waals surface area contributed by atoms with Crippen LogP contribution in [-0.2, 0) is 28.6 Å². The third kappa shape index (κ3) is 5.97. The SMILES string of the molecule is C=C(C)C[C@H](C)CC[C@H]1O[C@@](O)(C(=O)C(=O)N2CCCC[C@H]2C(=O)OC)[C@H](C)C[C@@H]1OC. The molecule has 0 unspecified atom stereocenters. The Morgan fingerprint density at radius 1 is 1.28 bits per heavy atom. The summed E-state index contributed by atoms with van der Waals surface area (Å²) in [4.78, 5) is 39.7. The first-order valence-electron chi connectivity index (χ1n) is 11.6. The summed E-state index contributed by atoms with van der Waals surface area (Å²) in [6, 6.07) is -0.821. The highest BCUT2D eigenvalue weighted by Gasteiger charge is 2.54. The van der Waals surface area contributed by atoms with Crippen molar-refractivity contribution in [1.82, 2.24) is 4.90 Å². The molecule has 6 atom stereocenters. The van der Waals surface area contributed by atoms with Crippen molar-refractivity contribution in [2.75, 3.05) is 20.8 Å². The number of Topliss-reactive ketones (excluding diaryl/α,β-unsaturated/α-hetero) is 1. The van der Waals surface area contributed by atoms with Crippen LogP contribution in [-0.4, -0.2) is 72.5 Å². The summed E-state index contributed by atoms with van der Waals surface area (Å²) in [6.07, 6.45) is 3.70. The Morgan fingerprint density at radius 2 is 1.97 bits per heavy atom. The van der Waals surface area contributed by atoms with Crippen LogP contribution in [0.1, 0.15) is 65.7 Å². The van der Waals surface area contributed by atoms with Gasteiger partial charge >= 0.3 is 5.97 Å². The number of likely N-dealkylation sites (tertiary alicyclic amines) is 1. The van der Waals surface area contributed by atoms with Crippen molar-refractivity contribution < 1.29 is 33.7 Å². The van der Waals surface area contributed by atoms with Gasteiger partial charge in [0, 0.05) is 19.6 Å². The summed E-state index contributed by atoms with van der Waals surface area (Å²) in [5.74, 6) is -5.02. The number of rotatable bonds is 9. The number of carbonyl (C=O) groups excluding carboxylic acids is 3. The Morgan fingerprint density at radius 3 is 2.56 bits per heavy atom. The van der Waals surface area contributed by atoms with Crippen LogP contribution < -0.4 is 0 Å². The second-order valence-corrected chi connectivity index (χ2v) is 9.47. The average molecular weight is 454 g/mol. The quantitative estimate of drug-likeness (QED) is 0.325. The molecule has 0 radical (unpaired) electrons. The zero-order valence-corrected chi connectivity index (χ0v) is 20.1. The Hall–Kier alpha value is -1.77. The number of allylic oxidation sites excluding steroid dienone is 1. The van der Waals surface area contributed by atoms with Crippen LogP contribution >= 0.6 is 0 Å². The van der Waals surface area contributed by atoms with Gasteiger partial charge in [0.1, 0.15) is 6.04 Å². The maximum atomic E-state index is 13.2. The van der Waals surface area contributed by atoms with Crippen LogP contribution in [0.5, 0.6) is 0 Å². The van der Waals surface area contributed by atoms with E-state index in [1.165, 1.54) is 12.0 Å². The molecule has 2 aliphatic heterocycles. The molecule has 1 amide bonds. The summed E-state index contributed by atoms with van der Waals surface area (Å²) in [5, 5.41) is 11.3. The number of hydrogen-bond acceptors (Lipinski definition) is 7. The molecular weight excluding hydrogens is 414 g/mol. The molecule has 8 nitrogen and oxygen atoms in total. The number of ether oxygens (including phenoxy) is 3. The van der Waals surface area contributed by atoms with Crippen molar-refractivity contribution in [3.8, 4) is 0 Å². The lowest BCUT2D eigenvalue weighted by molar-refractivity contribution is -0.287. The van der Waals surface area contributed by atoms with E-state index in [4.69, 9.17) is 14.2 Å². The topological polar surface area (TPSA) is 102 Å². The van der Waals surface area contributed by atoms with Crippen LogP contribution in [0.4, 0.5) is 0 Å². The molecule has 2 aliphatic rings. The van der Waals surface area contributed by atoms with E-state index in [9.17, 15) is 19.5 Å². The summed E-state index contributed by atoms with van der Waals surface area (Å²) in [6.45, 7) is 9.98. The summed E-state index contributed by atoms with van der Waals surface area (Å²) in [5.41, 5.74) is 1.10. The normalized spacial score (nSPS) is 31.6. The van der Waals surface area contributed by atoms with Crippen molar-refractivity contribution in [2.45, 2.75) is 89.8 Å². The van der Waals surface area contributed by atoms with Crippen LogP contribution in [0.2, 0.25) is 0 Å². The van der Waals surface area contributed by atoms with E-state index in [1.807, 2.05) is 6.92 Å². The number of piperidine rings is 1.